The number of rotatable bonds is 10. The highest BCUT2D eigenvalue weighted by molar-refractivity contribution is 5.93. The highest BCUT2D eigenvalue weighted by Crippen LogP contribution is 2.56. The maximum absolute atomic E-state index is 11.5. The van der Waals surface area contributed by atoms with Crippen LogP contribution in [0.5, 0.6) is 5.75 Å². The third-order valence-electron chi connectivity index (χ3n) is 10.0. The van der Waals surface area contributed by atoms with Gasteiger partial charge >= 0.3 is 0 Å². The molecule has 0 radical (unpaired) electrons. The summed E-state index contributed by atoms with van der Waals surface area (Å²) in [7, 11) is 1.76. The van der Waals surface area contributed by atoms with Crippen molar-refractivity contribution in [3.8, 4) is 5.75 Å². The van der Waals surface area contributed by atoms with E-state index in [1.165, 1.54) is 35.2 Å². The van der Waals surface area contributed by atoms with Crippen molar-refractivity contribution in [3.05, 3.63) is 89.0 Å². The summed E-state index contributed by atoms with van der Waals surface area (Å²) in [5.74, 6) is 1.63. The lowest BCUT2D eigenvalue weighted by molar-refractivity contribution is -0.0542. The lowest BCUT2D eigenvalue weighted by Gasteiger charge is -2.63. The summed E-state index contributed by atoms with van der Waals surface area (Å²) in [5, 5.41) is 7.50. The fourth-order valence-corrected chi connectivity index (χ4v) is 8.05. The number of nitrogens with one attached hydrogen (secondary N) is 2. The lowest BCUT2D eigenvalue weighted by atomic mass is 9.54. The number of benzene rings is 3. The van der Waals surface area contributed by atoms with Gasteiger partial charge < -0.3 is 26.0 Å². The van der Waals surface area contributed by atoms with E-state index in [4.69, 9.17) is 10.5 Å². The summed E-state index contributed by atoms with van der Waals surface area (Å²) in [6.07, 6.45) is 2.49. The zero-order valence-electron chi connectivity index (χ0n) is 27.0. The van der Waals surface area contributed by atoms with Crippen LogP contribution in [0.3, 0.4) is 0 Å². The van der Waals surface area contributed by atoms with E-state index in [2.05, 4.69) is 90.6 Å². The molecule has 1 spiro atoms. The normalized spacial score (nSPS) is 21.8. The first-order valence-electron chi connectivity index (χ1n) is 16.3. The predicted octanol–water partition coefficient (Wildman–Crippen LogP) is 6.17. The Hall–Kier alpha value is -3.55. The fraction of sp³-hybridized carbons (Fsp3) is 0.486. The van der Waals surface area contributed by atoms with Crippen LogP contribution in [0.15, 0.2) is 66.7 Å². The van der Waals surface area contributed by atoms with Gasteiger partial charge in [-0.1, -0.05) is 44.2 Å². The first-order valence-corrected chi connectivity index (χ1v) is 16.3. The maximum atomic E-state index is 11.5. The molecule has 3 aromatic rings. The number of nitrogens with zero attached hydrogens (tertiary/aromatic N) is 2. The summed E-state index contributed by atoms with van der Waals surface area (Å²) < 4.78 is 5.81. The van der Waals surface area contributed by atoms with Crippen LogP contribution < -0.4 is 26.0 Å². The molecule has 1 unspecified atom stereocenters. The average Bonchev–Trinajstić information content (AvgIpc) is 2.97. The minimum absolute atomic E-state index is 0.297. The monoisotopic (exact) mass is 595 g/mol. The Balaban J connectivity index is 1.23. The van der Waals surface area contributed by atoms with Crippen LogP contribution in [0.2, 0.25) is 0 Å². The molecule has 3 aromatic carbocycles. The molecule has 6 rings (SSSR count). The molecule has 2 aliphatic heterocycles. The molecule has 3 aliphatic rings. The molecule has 7 nitrogen and oxygen atoms in total. The number of carbonyl (C=O) groups is 1. The third kappa shape index (κ3) is 6.04. The molecule has 7 heteroatoms. The van der Waals surface area contributed by atoms with E-state index in [0.717, 1.165) is 44.2 Å². The quantitative estimate of drug-likeness (QED) is 0.260. The molecule has 2 atom stereocenters. The summed E-state index contributed by atoms with van der Waals surface area (Å²) in [6, 6.07) is 24.5. The molecule has 2 heterocycles. The molecule has 2 saturated heterocycles. The minimum atomic E-state index is -0.376. The molecule has 0 aromatic heterocycles. The average molecular weight is 596 g/mol. The molecule has 1 aliphatic carbocycles. The standard InChI is InChI=1S/C37H49N5O2/c1-24(2)30-8-6-7-9-31(30)34-35(28-19-37(20-28)22-42(23-37)29-13-11-27(12-14-29)36(38)43)41(17-16-39-34)21-26-10-15-32(40-25(3)4)33(18-26)44-5/h6-15,18,24-25,28,34-35,39-40H,16-17,19-23H2,1-5H3,(H2,38,43)/t34-,35?/m1/s1. The van der Waals surface area contributed by atoms with Gasteiger partial charge in [-0.25, -0.2) is 0 Å². The van der Waals surface area contributed by atoms with Crippen LogP contribution in [0.4, 0.5) is 11.4 Å². The Bertz CT molecular complexity index is 1450. The van der Waals surface area contributed by atoms with Gasteiger partial charge in [-0.2, -0.15) is 0 Å². The minimum Gasteiger partial charge on any atom is -0.495 e. The topological polar surface area (TPSA) is 82.9 Å². The van der Waals surface area contributed by atoms with Crippen molar-refractivity contribution in [2.24, 2.45) is 17.1 Å². The smallest absolute Gasteiger partial charge is 0.248 e. The second-order valence-corrected chi connectivity index (χ2v) is 13.9. The van der Waals surface area contributed by atoms with Gasteiger partial charge in [-0.3, -0.25) is 9.69 Å². The Morgan fingerprint density at radius 1 is 1.05 bits per heavy atom. The van der Waals surface area contributed by atoms with E-state index in [-0.39, 0.29) is 5.91 Å². The molecular formula is C37H49N5O2. The highest BCUT2D eigenvalue weighted by Gasteiger charge is 2.56. The van der Waals surface area contributed by atoms with Crippen molar-refractivity contribution in [2.75, 3.05) is 43.5 Å². The van der Waals surface area contributed by atoms with E-state index in [9.17, 15) is 4.79 Å². The van der Waals surface area contributed by atoms with E-state index >= 15 is 0 Å². The van der Waals surface area contributed by atoms with Gasteiger partial charge in [-0.05, 0) is 91.6 Å². The number of ether oxygens (including phenoxy) is 1. The highest BCUT2D eigenvalue weighted by atomic mass is 16.5. The molecule has 1 amide bonds. The SMILES string of the molecule is COc1cc(CN2CCN[C@H](c3ccccc3C(C)C)C2C2CC3(C2)CN(c2ccc(C(N)=O)cc2)C3)ccc1NC(C)C. The number of methoxy groups -OCH3 is 1. The molecular weight excluding hydrogens is 546 g/mol. The van der Waals surface area contributed by atoms with Crippen LogP contribution in [0.1, 0.15) is 79.5 Å². The number of carbonyl (C=O) groups excluding carboxylic acids is 1. The van der Waals surface area contributed by atoms with Crippen molar-refractivity contribution in [1.82, 2.24) is 10.2 Å². The van der Waals surface area contributed by atoms with Gasteiger partial charge in [0.2, 0.25) is 5.91 Å². The number of amides is 1. The Morgan fingerprint density at radius 2 is 1.77 bits per heavy atom. The van der Waals surface area contributed by atoms with Gasteiger partial charge in [0.1, 0.15) is 5.75 Å². The first kappa shape index (κ1) is 30.5. The number of piperazine rings is 1. The molecule has 44 heavy (non-hydrogen) atoms. The van der Waals surface area contributed by atoms with Crippen molar-refractivity contribution in [2.45, 2.75) is 71.1 Å². The lowest BCUT2D eigenvalue weighted by Crippen LogP contribution is -2.67. The predicted molar refractivity (Wildman–Crippen MR) is 180 cm³/mol. The van der Waals surface area contributed by atoms with Crippen molar-refractivity contribution >= 4 is 17.3 Å². The molecule has 3 fully saturated rings. The third-order valence-corrected chi connectivity index (χ3v) is 10.0. The maximum Gasteiger partial charge on any atom is 0.248 e. The van der Waals surface area contributed by atoms with Crippen molar-refractivity contribution in [3.63, 3.8) is 0 Å². The van der Waals surface area contributed by atoms with E-state index in [0.29, 0.717) is 40.9 Å². The fourth-order valence-electron chi connectivity index (χ4n) is 8.05. The van der Waals surface area contributed by atoms with Gasteiger partial charge in [0.15, 0.2) is 0 Å². The van der Waals surface area contributed by atoms with Crippen LogP contribution in [0, 0.1) is 11.3 Å². The summed E-state index contributed by atoms with van der Waals surface area (Å²) in [4.78, 5) is 16.7. The second-order valence-electron chi connectivity index (χ2n) is 13.9. The van der Waals surface area contributed by atoms with Crippen LogP contribution in [0.25, 0.3) is 0 Å². The Kier molecular flexibility index (Phi) is 8.62. The number of anilines is 2. The van der Waals surface area contributed by atoms with Gasteiger partial charge in [0.05, 0.1) is 12.8 Å². The molecule has 234 valence electrons. The van der Waals surface area contributed by atoms with Crippen LogP contribution in [-0.4, -0.2) is 56.2 Å². The van der Waals surface area contributed by atoms with Gasteiger partial charge in [-0.15, -0.1) is 0 Å². The molecule has 4 N–H and O–H groups in total. The van der Waals surface area contributed by atoms with Crippen LogP contribution in [-0.2, 0) is 6.54 Å². The zero-order chi connectivity index (χ0) is 31.0. The van der Waals surface area contributed by atoms with Gasteiger partial charge in [0, 0.05) is 67.5 Å². The number of primary amides is 1. The van der Waals surface area contributed by atoms with Crippen LogP contribution >= 0.6 is 0 Å². The second kappa shape index (κ2) is 12.4. The van der Waals surface area contributed by atoms with Gasteiger partial charge in [0.25, 0.3) is 0 Å². The number of nitrogens with two attached hydrogens (primary N) is 1. The number of hydrogen-bond acceptors (Lipinski definition) is 6. The largest absolute Gasteiger partial charge is 0.495 e. The summed E-state index contributed by atoms with van der Waals surface area (Å²) in [5.41, 5.74) is 12.8. The molecule has 1 saturated carbocycles. The first-order chi connectivity index (χ1) is 21.2. The van der Waals surface area contributed by atoms with Crippen molar-refractivity contribution < 1.29 is 9.53 Å². The number of hydrogen-bond donors (Lipinski definition) is 3. The Labute approximate surface area is 263 Å². The molecule has 0 bridgehead atoms. The summed E-state index contributed by atoms with van der Waals surface area (Å²) in [6.45, 7) is 14.0. The van der Waals surface area contributed by atoms with E-state index in [1.807, 2.05) is 24.3 Å². The Morgan fingerprint density at radius 3 is 2.43 bits per heavy atom. The summed E-state index contributed by atoms with van der Waals surface area (Å²) >= 11 is 0. The van der Waals surface area contributed by atoms with E-state index < -0.39 is 0 Å². The zero-order valence-corrected chi connectivity index (χ0v) is 27.0. The van der Waals surface area contributed by atoms with Crippen molar-refractivity contribution in [1.29, 1.82) is 0 Å². The van der Waals surface area contributed by atoms with E-state index in [1.54, 1.807) is 7.11 Å².